The molecule has 0 bridgehead atoms. The maximum atomic E-state index is 6.82. The van der Waals surface area contributed by atoms with E-state index in [1.807, 2.05) is 6.07 Å². The second kappa shape index (κ2) is 14.9. The number of benzene rings is 11. The zero-order chi connectivity index (χ0) is 45.0. The second-order valence-corrected chi connectivity index (χ2v) is 18.5. The van der Waals surface area contributed by atoms with Gasteiger partial charge >= 0.3 is 0 Å². The smallest absolute Gasteiger partial charge is 0.136 e. The molecule has 68 heavy (non-hydrogen) atoms. The summed E-state index contributed by atoms with van der Waals surface area (Å²) in [6.07, 6.45) is 0. The number of nitrogens with zero attached hydrogens (tertiary/aromatic N) is 2. The Morgan fingerprint density at radius 2 is 1.03 bits per heavy atom. The average Bonchev–Trinajstić information content (AvgIpc) is 4.10. The van der Waals surface area contributed by atoms with E-state index < -0.39 is 0 Å². The van der Waals surface area contributed by atoms with Gasteiger partial charge in [0.25, 0.3) is 0 Å². The number of aromatic nitrogens is 2. The number of imidazole rings is 1. The van der Waals surface area contributed by atoms with Gasteiger partial charge < -0.3 is 8.83 Å². The third-order valence-corrected chi connectivity index (χ3v) is 14.0. The van der Waals surface area contributed by atoms with E-state index in [4.69, 9.17) is 13.8 Å². The first-order valence-corrected chi connectivity index (χ1v) is 23.4. The standard InChI is InChI=1S/C64H42N2O2/c1-38(2)64-65-56-23-10-11-24-57(56)66(64)47-31-45(42-27-29-59-53(34-42)54-33-40-15-3-4-16-41(40)36-60(54)68-59)30-46(32-47)62-50-20-8-9-21-51(50)63(61-37-44-17-6-12-25-58(44)67-61)55-35-43(26-28-52(55)62)49-22-13-18-39-14-5-7-19-48(39)49/h3-38H,1-2H3. The minimum absolute atomic E-state index is 0.176. The number of furan rings is 2. The third-order valence-electron chi connectivity index (χ3n) is 14.0. The predicted octanol–water partition coefficient (Wildman–Crippen LogP) is 18.1. The molecule has 0 aliphatic rings. The van der Waals surface area contributed by atoms with Crippen molar-refractivity contribution in [3.8, 4) is 50.4 Å². The minimum Gasteiger partial charge on any atom is -0.456 e. The Balaban J connectivity index is 1.09. The van der Waals surface area contributed by atoms with Gasteiger partial charge in [0.1, 0.15) is 28.3 Å². The van der Waals surface area contributed by atoms with E-state index in [1.165, 1.54) is 32.7 Å². The summed E-state index contributed by atoms with van der Waals surface area (Å²) in [4.78, 5) is 5.25. The predicted molar refractivity (Wildman–Crippen MR) is 284 cm³/mol. The summed E-state index contributed by atoms with van der Waals surface area (Å²) < 4.78 is 15.7. The number of rotatable bonds is 6. The van der Waals surface area contributed by atoms with Crippen molar-refractivity contribution in [3.05, 3.63) is 218 Å². The molecule has 4 nitrogen and oxygen atoms in total. The highest BCUT2D eigenvalue weighted by Crippen LogP contribution is 2.48. The lowest BCUT2D eigenvalue weighted by molar-refractivity contribution is 0.633. The van der Waals surface area contributed by atoms with Crippen LogP contribution in [0.4, 0.5) is 0 Å². The van der Waals surface area contributed by atoms with Crippen LogP contribution in [0.1, 0.15) is 25.6 Å². The molecule has 0 amide bonds. The van der Waals surface area contributed by atoms with Crippen molar-refractivity contribution in [1.82, 2.24) is 9.55 Å². The molecule has 0 atom stereocenters. The van der Waals surface area contributed by atoms with Gasteiger partial charge in [0.2, 0.25) is 0 Å². The summed E-state index contributed by atoms with van der Waals surface area (Å²) in [5.74, 6) is 2.05. The van der Waals surface area contributed by atoms with Crippen molar-refractivity contribution >= 4 is 87.0 Å². The Kier molecular flexibility index (Phi) is 8.44. The highest BCUT2D eigenvalue weighted by Gasteiger charge is 2.23. The molecule has 4 heteroatoms. The lowest BCUT2D eigenvalue weighted by atomic mass is 9.85. The van der Waals surface area contributed by atoms with Crippen molar-refractivity contribution < 1.29 is 8.83 Å². The van der Waals surface area contributed by atoms with Crippen LogP contribution in [-0.2, 0) is 0 Å². The maximum absolute atomic E-state index is 6.82. The Morgan fingerprint density at radius 3 is 1.87 bits per heavy atom. The third kappa shape index (κ3) is 5.97. The molecule has 0 spiro atoms. The van der Waals surface area contributed by atoms with Crippen LogP contribution < -0.4 is 0 Å². The van der Waals surface area contributed by atoms with E-state index in [1.54, 1.807) is 0 Å². The molecule has 3 aromatic heterocycles. The fourth-order valence-corrected chi connectivity index (χ4v) is 10.9. The van der Waals surface area contributed by atoms with E-state index >= 15 is 0 Å². The van der Waals surface area contributed by atoms with E-state index in [2.05, 4.69) is 225 Å². The Bertz CT molecular complexity index is 4330. The van der Waals surface area contributed by atoms with E-state index in [0.29, 0.717) is 0 Å². The first-order chi connectivity index (χ1) is 33.5. The van der Waals surface area contributed by atoms with Crippen molar-refractivity contribution in [2.45, 2.75) is 19.8 Å². The maximum Gasteiger partial charge on any atom is 0.136 e. The molecule has 320 valence electrons. The van der Waals surface area contributed by atoms with Crippen LogP contribution >= 0.6 is 0 Å². The number of hydrogen-bond acceptors (Lipinski definition) is 3. The van der Waals surface area contributed by atoms with Gasteiger partial charge in [-0.2, -0.15) is 0 Å². The van der Waals surface area contributed by atoms with Gasteiger partial charge in [-0.25, -0.2) is 4.98 Å². The van der Waals surface area contributed by atoms with Crippen LogP contribution in [0.5, 0.6) is 0 Å². The molecule has 0 aliphatic carbocycles. The van der Waals surface area contributed by atoms with Crippen LogP contribution in [0.25, 0.3) is 137 Å². The van der Waals surface area contributed by atoms with Crippen LogP contribution in [0, 0.1) is 0 Å². The van der Waals surface area contributed by atoms with Crippen LogP contribution in [0.15, 0.2) is 221 Å². The largest absolute Gasteiger partial charge is 0.456 e. The first kappa shape index (κ1) is 38.5. The molecule has 3 heterocycles. The summed E-state index contributed by atoms with van der Waals surface area (Å²) in [7, 11) is 0. The van der Waals surface area contributed by atoms with Gasteiger partial charge in [0.05, 0.1) is 11.0 Å². The molecule has 0 N–H and O–H groups in total. The molecular weight excluding hydrogens is 829 g/mol. The summed E-state index contributed by atoms with van der Waals surface area (Å²) >= 11 is 0. The highest BCUT2D eigenvalue weighted by molar-refractivity contribution is 6.22. The molecule has 0 saturated heterocycles. The van der Waals surface area contributed by atoms with Gasteiger partial charge in [0.15, 0.2) is 0 Å². The monoisotopic (exact) mass is 870 g/mol. The number of para-hydroxylation sites is 3. The number of hydrogen-bond donors (Lipinski definition) is 0. The average molecular weight is 871 g/mol. The molecule has 0 aliphatic heterocycles. The van der Waals surface area contributed by atoms with Gasteiger partial charge in [-0.05, 0) is 149 Å². The quantitative estimate of drug-likeness (QED) is 0.156. The van der Waals surface area contributed by atoms with Crippen LogP contribution in [0.2, 0.25) is 0 Å². The van der Waals surface area contributed by atoms with E-state index in [-0.39, 0.29) is 5.92 Å². The summed E-state index contributed by atoms with van der Waals surface area (Å²) in [6.45, 7) is 4.46. The molecule has 0 fully saturated rings. The SMILES string of the molecule is CC(C)c1nc2ccccc2n1-c1cc(-c2ccc3oc4cc5ccccc5cc4c3c2)cc(-c2c3ccccc3c(-c3cc4ccccc4o3)c3cc(-c4cccc5ccccc45)ccc23)c1. The molecule has 0 saturated carbocycles. The molecule has 14 aromatic rings. The zero-order valence-electron chi connectivity index (χ0n) is 37.5. The van der Waals surface area contributed by atoms with Gasteiger partial charge in [-0.3, -0.25) is 4.57 Å². The number of fused-ring (bicyclic) bond motifs is 9. The Hall–Kier alpha value is -8.73. The zero-order valence-corrected chi connectivity index (χ0v) is 37.5. The van der Waals surface area contributed by atoms with Crippen LogP contribution in [-0.4, -0.2) is 9.55 Å². The van der Waals surface area contributed by atoms with Crippen LogP contribution in [0.3, 0.4) is 0 Å². The molecule has 14 rings (SSSR count). The lowest BCUT2D eigenvalue weighted by Crippen LogP contribution is -2.04. The normalized spacial score (nSPS) is 12.1. The van der Waals surface area contributed by atoms with Crippen molar-refractivity contribution in [2.75, 3.05) is 0 Å². The molecule has 0 radical (unpaired) electrons. The van der Waals surface area contributed by atoms with Crippen molar-refractivity contribution in [3.63, 3.8) is 0 Å². The summed E-state index contributed by atoms with van der Waals surface area (Å²) in [6, 6.07) is 76.9. The topological polar surface area (TPSA) is 44.1 Å². The lowest BCUT2D eigenvalue weighted by Gasteiger charge is -2.20. The Morgan fingerprint density at radius 1 is 0.382 bits per heavy atom. The van der Waals surface area contributed by atoms with Gasteiger partial charge in [0, 0.05) is 33.3 Å². The first-order valence-electron chi connectivity index (χ1n) is 23.4. The Labute approximate surface area is 391 Å². The van der Waals surface area contributed by atoms with E-state index in [9.17, 15) is 0 Å². The van der Waals surface area contributed by atoms with Gasteiger partial charge in [-0.15, -0.1) is 0 Å². The van der Waals surface area contributed by atoms with Crippen molar-refractivity contribution in [2.24, 2.45) is 0 Å². The minimum atomic E-state index is 0.176. The van der Waals surface area contributed by atoms with Gasteiger partial charge in [-0.1, -0.05) is 153 Å². The van der Waals surface area contributed by atoms with Crippen molar-refractivity contribution in [1.29, 1.82) is 0 Å². The summed E-state index contributed by atoms with van der Waals surface area (Å²) in [5.41, 5.74) is 13.7. The highest BCUT2D eigenvalue weighted by atomic mass is 16.3. The molecule has 0 unspecified atom stereocenters. The fraction of sp³-hybridized carbons (Fsp3) is 0.0469. The second-order valence-electron chi connectivity index (χ2n) is 18.5. The fourth-order valence-electron chi connectivity index (χ4n) is 10.9. The van der Waals surface area contributed by atoms with E-state index in [0.717, 1.165) is 111 Å². The molecular formula is C64H42N2O2. The molecule has 11 aromatic carbocycles. The summed E-state index contributed by atoms with van der Waals surface area (Å²) in [5, 5.41) is 12.6.